The van der Waals surface area contributed by atoms with E-state index < -0.39 is 6.03 Å². The Hall–Kier alpha value is -1.95. The van der Waals surface area contributed by atoms with Crippen LogP contribution in [0.25, 0.3) is 11.0 Å². The minimum absolute atomic E-state index is 0.299. The molecule has 0 radical (unpaired) electrons. The van der Waals surface area contributed by atoms with Crippen molar-refractivity contribution in [3.05, 3.63) is 24.0 Å². The molecular formula is C12H15ClN4O2. The summed E-state index contributed by atoms with van der Waals surface area (Å²) in [5, 5.41) is 2.54. The van der Waals surface area contributed by atoms with Gasteiger partial charge in [-0.1, -0.05) is 0 Å². The van der Waals surface area contributed by atoms with Crippen LogP contribution in [0.4, 0.5) is 4.79 Å². The summed E-state index contributed by atoms with van der Waals surface area (Å²) in [6.07, 6.45) is 0. The number of imidazole rings is 1. The number of fused-ring (bicyclic) bond motifs is 1. The van der Waals surface area contributed by atoms with E-state index in [0.29, 0.717) is 19.0 Å². The number of benzene rings is 1. The van der Waals surface area contributed by atoms with Gasteiger partial charge in [0.25, 0.3) is 0 Å². The van der Waals surface area contributed by atoms with Crippen LogP contribution in [-0.4, -0.2) is 29.2 Å². The normalized spacial score (nSPS) is 10.6. The number of urea groups is 1. The fourth-order valence-electron chi connectivity index (χ4n) is 1.92. The highest BCUT2D eigenvalue weighted by Crippen LogP contribution is 2.22. The Labute approximate surface area is 115 Å². The van der Waals surface area contributed by atoms with Gasteiger partial charge < -0.3 is 20.4 Å². The summed E-state index contributed by atoms with van der Waals surface area (Å²) in [6, 6.07) is 5.07. The van der Waals surface area contributed by atoms with Crippen molar-refractivity contribution in [2.45, 2.75) is 12.4 Å². The Kier molecular flexibility index (Phi) is 4.11. The maximum Gasteiger partial charge on any atom is 0.312 e. The average molecular weight is 283 g/mol. The molecule has 0 fully saturated rings. The van der Waals surface area contributed by atoms with E-state index in [9.17, 15) is 4.79 Å². The van der Waals surface area contributed by atoms with Gasteiger partial charge >= 0.3 is 6.03 Å². The zero-order valence-electron chi connectivity index (χ0n) is 10.5. The molecule has 2 aromatic rings. The Balaban J connectivity index is 2.34. The van der Waals surface area contributed by atoms with Crippen molar-refractivity contribution in [3.63, 3.8) is 0 Å². The number of aromatic nitrogens is 2. The quantitative estimate of drug-likeness (QED) is 0.815. The smallest absolute Gasteiger partial charge is 0.312 e. The molecule has 7 heteroatoms. The highest BCUT2D eigenvalue weighted by molar-refractivity contribution is 6.16. The molecule has 0 spiro atoms. The van der Waals surface area contributed by atoms with Crippen LogP contribution < -0.4 is 15.8 Å². The second-order valence-electron chi connectivity index (χ2n) is 3.96. The molecular weight excluding hydrogens is 268 g/mol. The van der Waals surface area contributed by atoms with Crippen molar-refractivity contribution in [2.75, 3.05) is 13.7 Å². The number of methoxy groups -OCH3 is 1. The molecule has 0 bridgehead atoms. The summed E-state index contributed by atoms with van der Waals surface area (Å²) >= 11 is 5.89. The first-order chi connectivity index (χ1) is 9.15. The minimum atomic E-state index is -0.547. The van der Waals surface area contributed by atoms with Crippen LogP contribution in [0.15, 0.2) is 18.2 Å². The van der Waals surface area contributed by atoms with Gasteiger partial charge in [0.2, 0.25) is 0 Å². The van der Waals surface area contributed by atoms with Crippen molar-refractivity contribution in [1.82, 2.24) is 14.9 Å². The average Bonchev–Trinajstić information content (AvgIpc) is 2.75. The number of halogens is 1. The Morgan fingerprint density at radius 2 is 2.37 bits per heavy atom. The highest BCUT2D eigenvalue weighted by atomic mass is 35.5. The number of hydrogen-bond acceptors (Lipinski definition) is 3. The van der Waals surface area contributed by atoms with Crippen LogP contribution in [0.2, 0.25) is 0 Å². The number of alkyl halides is 1. The number of nitrogens with two attached hydrogens (primary N) is 1. The number of primary amides is 1. The number of nitrogens with one attached hydrogen (secondary N) is 1. The lowest BCUT2D eigenvalue weighted by atomic mass is 10.3. The number of hydrogen-bond donors (Lipinski definition) is 2. The highest BCUT2D eigenvalue weighted by Gasteiger charge is 2.10. The standard InChI is InChI=1S/C12H15ClN4O2/c1-19-8-2-3-9-10(6-8)17(11(7-13)16-9)5-4-15-12(14)18/h2-3,6H,4-5,7H2,1H3,(H3,14,15,18). The lowest BCUT2D eigenvalue weighted by molar-refractivity contribution is 0.248. The van der Waals surface area contributed by atoms with E-state index in [0.717, 1.165) is 22.6 Å². The molecule has 0 aliphatic carbocycles. The number of ether oxygens (including phenoxy) is 1. The molecule has 0 atom stereocenters. The molecule has 2 amide bonds. The lowest BCUT2D eigenvalue weighted by Crippen LogP contribution is -2.32. The number of nitrogens with zero attached hydrogens (tertiary/aromatic N) is 2. The van der Waals surface area contributed by atoms with Crippen molar-refractivity contribution < 1.29 is 9.53 Å². The second-order valence-corrected chi connectivity index (χ2v) is 4.23. The zero-order chi connectivity index (χ0) is 13.8. The van der Waals surface area contributed by atoms with E-state index in [2.05, 4.69) is 10.3 Å². The van der Waals surface area contributed by atoms with Gasteiger partial charge in [-0.3, -0.25) is 0 Å². The molecule has 2 rings (SSSR count). The van der Waals surface area contributed by atoms with Gasteiger partial charge in [0.1, 0.15) is 11.6 Å². The first-order valence-corrected chi connectivity index (χ1v) is 6.31. The third-order valence-electron chi connectivity index (χ3n) is 2.79. The molecule has 0 saturated heterocycles. The Morgan fingerprint density at radius 1 is 1.58 bits per heavy atom. The summed E-state index contributed by atoms with van der Waals surface area (Å²) in [6.45, 7) is 0.969. The van der Waals surface area contributed by atoms with E-state index in [-0.39, 0.29) is 0 Å². The number of carbonyl (C=O) groups is 1. The van der Waals surface area contributed by atoms with Gasteiger partial charge in [-0.05, 0) is 12.1 Å². The summed E-state index contributed by atoms with van der Waals surface area (Å²) in [5.74, 6) is 1.79. The number of amides is 2. The van der Waals surface area contributed by atoms with E-state index in [4.69, 9.17) is 22.1 Å². The SMILES string of the molecule is COc1ccc2nc(CCl)n(CCNC(N)=O)c2c1. The van der Waals surface area contributed by atoms with Crippen molar-refractivity contribution in [1.29, 1.82) is 0 Å². The van der Waals surface area contributed by atoms with Crippen LogP contribution in [-0.2, 0) is 12.4 Å². The van der Waals surface area contributed by atoms with E-state index in [1.54, 1.807) is 7.11 Å². The van der Waals surface area contributed by atoms with Crippen molar-refractivity contribution in [2.24, 2.45) is 5.73 Å². The molecule has 1 heterocycles. The van der Waals surface area contributed by atoms with E-state index >= 15 is 0 Å². The van der Waals surface area contributed by atoms with Crippen LogP contribution in [0, 0.1) is 0 Å². The molecule has 19 heavy (non-hydrogen) atoms. The molecule has 0 aliphatic heterocycles. The van der Waals surface area contributed by atoms with Crippen LogP contribution in [0.5, 0.6) is 5.75 Å². The topological polar surface area (TPSA) is 82.2 Å². The molecule has 0 aliphatic rings. The van der Waals surface area contributed by atoms with E-state index in [1.807, 2.05) is 22.8 Å². The summed E-state index contributed by atoms with van der Waals surface area (Å²) in [4.78, 5) is 15.1. The Morgan fingerprint density at radius 3 is 3.00 bits per heavy atom. The summed E-state index contributed by atoms with van der Waals surface area (Å²) < 4.78 is 7.14. The van der Waals surface area contributed by atoms with Gasteiger partial charge in [-0.25, -0.2) is 9.78 Å². The Bertz CT molecular complexity index is 597. The minimum Gasteiger partial charge on any atom is -0.497 e. The molecule has 102 valence electrons. The van der Waals surface area contributed by atoms with Crippen LogP contribution in [0.3, 0.4) is 0 Å². The maximum absolute atomic E-state index is 10.7. The summed E-state index contributed by atoms with van der Waals surface area (Å²) in [5.41, 5.74) is 6.80. The van der Waals surface area contributed by atoms with Gasteiger partial charge in [-0.2, -0.15) is 0 Å². The molecule has 6 nitrogen and oxygen atoms in total. The fraction of sp³-hybridized carbons (Fsp3) is 0.333. The van der Waals surface area contributed by atoms with E-state index in [1.165, 1.54) is 0 Å². The van der Waals surface area contributed by atoms with Crippen molar-refractivity contribution >= 4 is 28.7 Å². The second kappa shape index (κ2) is 5.79. The molecule has 1 aromatic heterocycles. The third kappa shape index (κ3) is 2.90. The molecule has 0 saturated carbocycles. The first kappa shape index (κ1) is 13.5. The van der Waals surface area contributed by atoms with Gasteiger partial charge in [-0.15, -0.1) is 11.6 Å². The monoisotopic (exact) mass is 282 g/mol. The predicted molar refractivity (Wildman–Crippen MR) is 73.4 cm³/mol. The predicted octanol–water partition coefficient (Wildman–Crippen LogP) is 1.45. The maximum atomic E-state index is 10.7. The fourth-order valence-corrected chi connectivity index (χ4v) is 2.13. The molecule has 0 unspecified atom stereocenters. The largest absolute Gasteiger partial charge is 0.497 e. The van der Waals surface area contributed by atoms with Gasteiger partial charge in [0.05, 0.1) is 24.0 Å². The number of rotatable bonds is 5. The van der Waals surface area contributed by atoms with Gasteiger partial charge in [0, 0.05) is 19.2 Å². The van der Waals surface area contributed by atoms with Gasteiger partial charge in [0.15, 0.2) is 0 Å². The van der Waals surface area contributed by atoms with Crippen molar-refractivity contribution in [3.8, 4) is 5.75 Å². The molecule has 1 aromatic carbocycles. The third-order valence-corrected chi connectivity index (χ3v) is 3.03. The van der Waals surface area contributed by atoms with Crippen LogP contribution in [0.1, 0.15) is 5.82 Å². The lowest BCUT2D eigenvalue weighted by Gasteiger charge is -2.08. The van der Waals surface area contributed by atoms with Crippen LogP contribution >= 0.6 is 11.6 Å². The molecule has 3 N–H and O–H groups in total. The first-order valence-electron chi connectivity index (χ1n) is 5.78. The zero-order valence-corrected chi connectivity index (χ0v) is 11.3. The number of carbonyl (C=O) groups excluding carboxylic acids is 1. The summed E-state index contributed by atoms with van der Waals surface area (Å²) in [7, 11) is 1.61.